The molecule has 2 aromatic carbocycles. The summed E-state index contributed by atoms with van der Waals surface area (Å²) in [6.07, 6.45) is 1.62. The summed E-state index contributed by atoms with van der Waals surface area (Å²) < 4.78 is 31.0. The highest BCUT2D eigenvalue weighted by molar-refractivity contribution is 8.00. The van der Waals surface area contributed by atoms with Crippen LogP contribution in [0.1, 0.15) is 5.56 Å². The van der Waals surface area contributed by atoms with Crippen LogP contribution in [0, 0.1) is 6.92 Å². The van der Waals surface area contributed by atoms with Crippen LogP contribution in [0.4, 0.5) is 0 Å². The summed E-state index contributed by atoms with van der Waals surface area (Å²) >= 11 is 1.32. The van der Waals surface area contributed by atoms with E-state index >= 15 is 0 Å². The lowest BCUT2D eigenvalue weighted by molar-refractivity contribution is 0.488. The van der Waals surface area contributed by atoms with E-state index in [0.717, 1.165) is 11.3 Å². The van der Waals surface area contributed by atoms with Gasteiger partial charge in [-0.15, -0.1) is 10.2 Å². The fourth-order valence-electron chi connectivity index (χ4n) is 2.22. The first-order valence-corrected chi connectivity index (χ1v) is 10.2. The Bertz CT molecular complexity index is 941. The number of nitrogens with zero attached hydrogens (tertiary/aromatic N) is 3. The quantitative estimate of drug-likeness (QED) is 0.467. The van der Waals surface area contributed by atoms with Gasteiger partial charge in [-0.1, -0.05) is 48.2 Å². The first-order valence-electron chi connectivity index (χ1n) is 7.61. The minimum Gasteiger partial charge on any atom is -0.382 e. The molecule has 0 saturated heterocycles. The number of aromatic nitrogens is 3. The Labute approximate surface area is 151 Å². The normalized spacial score (nSPS) is 11.4. The van der Waals surface area contributed by atoms with Crippen molar-refractivity contribution < 1.29 is 12.6 Å². The van der Waals surface area contributed by atoms with E-state index in [1.165, 1.54) is 11.8 Å². The smallest absolute Gasteiger partial charge is 0.310 e. The Morgan fingerprint density at radius 2 is 1.80 bits per heavy atom. The van der Waals surface area contributed by atoms with Crippen molar-refractivity contribution >= 4 is 21.9 Å². The van der Waals surface area contributed by atoms with Gasteiger partial charge in [0.25, 0.3) is 0 Å². The first-order chi connectivity index (χ1) is 12.1. The van der Waals surface area contributed by atoms with Gasteiger partial charge in [-0.25, -0.2) is 0 Å². The molecule has 0 aliphatic rings. The van der Waals surface area contributed by atoms with Gasteiger partial charge in [0.2, 0.25) is 0 Å². The highest BCUT2D eigenvalue weighted by Crippen LogP contribution is 2.22. The molecule has 6 nitrogen and oxygen atoms in total. The van der Waals surface area contributed by atoms with Gasteiger partial charge in [0.05, 0.1) is 11.4 Å². The van der Waals surface area contributed by atoms with E-state index in [-0.39, 0.29) is 5.75 Å². The molecule has 0 fully saturated rings. The van der Waals surface area contributed by atoms with Crippen LogP contribution in [0.5, 0.6) is 5.75 Å². The fraction of sp³-hybridized carbons (Fsp3) is 0.176. The van der Waals surface area contributed by atoms with E-state index in [1.54, 1.807) is 36.7 Å². The summed E-state index contributed by atoms with van der Waals surface area (Å²) in [5, 5.41) is 8.65. The van der Waals surface area contributed by atoms with Crippen molar-refractivity contribution in [2.24, 2.45) is 0 Å². The topological polar surface area (TPSA) is 74.1 Å². The third-order valence-corrected chi connectivity index (χ3v) is 5.78. The van der Waals surface area contributed by atoms with Gasteiger partial charge in [-0.3, -0.25) is 4.57 Å². The largest absolute Gasteiger partial charge is 0.382 e. The maximum Gasteiger partial charge on any atom is 0.310 e. The molecule has 1 heterocycles. The number of hydrogen-bond acceptors (Lipinski definition) is 6. The molecule has 0 aliphatic carbocycles. The summed E-state index contributed by atoms with van der Waals surface area (Å²) in [6, 6.07) is 16.3. The van der Waals surface area contributed by atoms with Crippen LogP contribution >= 0.6 is 11.8 Å². The molecule has 0 bridgehead atoms. The molecule has 0 unspecified atom stereocenters. The van der Waals surface area contributed by atoms with Crippen LogP contribution in [-0.4, -0.2) is 34.7 Å². The van der Waals surface area contributed by atoms with Crippen LogP contribution in [0.25, 0.3) is 5.69 Å². The third-order valence-electron chi connectivity index (χ3n) is 3.42. The van der Waals surface area contributed by atoms with Crippen molar-refractivity contribution in [3.8, 4) is 11.4 Å². The summed E-state index contributed by atoms with van der Waals surface area (Å²) in [7, 11) is -3.65. The molecule has 0 amide bonds. The van der Waals surface area contributed by atoms with E-state index < -0.39 is 10.1 Å². The lowest BCUT2D eigenvalue weighted by atomic mass is 10.2. The fourth-order valence-corrected chi connectivity index (χ4v) is 4.43. The monoisotopic (exact) mass is 375 g/mol. The molecule has 8 heteroatoms. The van der Waals surface area contributed by atoms with Gasteiger partial charge in [-0.2, -0.15) is 8.42 Å². The number of para-hydroxylation sites is 2. The predicted octanol–water partition coefficient (Wildman–Crippen LogP) is 3.08. The van der Waals surface area contributed by atoms with Crippen LogP contribution in [0.3, 0.4) is 0 Å². The van der Waals surface area contributed by atoms with Gasteiger partial charge in [0.1, 0.15) is 12.1 Å². The Hall–Kier alpha value is -2.32. The van der Waals surface area contributed by atoms with Crippen molar-refractivity contribution in [1.82, 2.24) is 14.8 Å². The Kier molecular flexibility index (Phi) is 5.40. The molecule has 0 saturated carbocycles. The molecular weight excluding hydrogens is 358 g/mol. The summed E-state index contributed by atoms with van der Waals surface area (Å²) in [6.45, 7) is 2.00. The summed E-state index contributed by atoms with van der Waals surface area (Å²) in [5.74, 6) is 0.517. The molecule has 3 rings (SSSR count). The molecule has 0 atom stereocenters. The molecular formula is C17H17N3O3S2. The standard InChI is InChI=1S/C17H17N3O3S2/c1-14-7-5-6-10-16(14)20-13-18-19-17(20)24-11-12-25(21,22)23-15-8-3-2-4-9-15/h2-10,13H,11-12H2,1H3. The number of aryl methyl sites for hydroxylation is 1. The maximum atomic E-state index is 12.1. The number of rotatable bonds is 7. The molecule has 0 spiro atoms. The van der Waals surface area contributed by atoms with E-state index in [0.29, 0.717) is 16.7 Å². The van der Waals surface area contributed by atoms with E-state index in [1.807, 2.05) is 35.8 Å². The van der Waals surface area contributed by atoms with Gasteiger partial charge < -0.3 is 4.18 Å². The molecule has 0 radical (unpaired) electrons. The highest BCUT2D eigenvalue weighted by Gasteiger charge is 2.15. The van der Waals surface area contributed by atoms with Gasteiger partial charge >= 0.3 is 10.1 Å². The average molecular weight is 375 g/mol. The van der Waals surface area contributed by atoms with Crippen molar-refractivity contribution in [3.63, 3.8) is 0 Å². The molecule has 25 heavy (non-hydrogen) atoms. The van der Waals surface area contributed by atoms with E-state index in [2.05, 4.69) is 10.2 Å². The summed E-state index contributed by atoms with van der Waals surface area (Å²) in [5.41, 5.74) is 2.06. The predicted molar refractivity (Wildman–Crippen MR) is 97.7 cm³/mol. The zero-order chi connectivity index (χ0) is 17.7. The molecule has 130 valence electrons. The van der Waals surface area contributed by atoms with Crippen LogP contribution in [-0.2, 0) is 10.1 Å². The molecule has 0 N–H and O–H groups in total. The van der Waals surface area contributed by atoms with Crippen LogP contribution < -0.4 is 4.18 Å². The second kappa shape index (κ2) is 7.71. The minimum absolute atomic E-state index is 0.118. The van der Waals surface area contributed by atoms with Crippen molar-refractivity contribution in [2.45, 2.75) is 12.1 Å². The number of benzene rings is 2. The Morgan fingerprint density at radius 1 is 1.08 bits per heavy atom. The highest BCUT2D eigenvalue weighted by atomic mass is 32.2. The Morgan fingerprint density at radius 3 is 2.56 bits per heavy atom. The third kappa shape index (κ3) is 4.61. The minimum atomic E-state index is -3.65. The Balaban J connectivity index is 1.64. The van der Waals surface area contributed by atoms with Crippen molar-refractivity contribution in [1.29, 1.82) is 0 Å². The van der Waals surface area contributed by atoms with Crippen molar-refractivity contribution in [2.75, 3.05) is 11.5 Å². The molecule has 1 aromatic heterocycles. The second-order valence-corrected chi connectivity index (χ2v) is 8.03. The number of hydrogen-bond donors (Lipinski definition) is 0. The molecule has 0 aliphatic heterocycles. The lowest BCUT2D eigenvalue weighted by Gasteiger charge is -2.09. The molecule has 3 aromatic rings. The van der Waals surface area contributed by atoms with Gasteiger partial charge in [-0.05, 0) is 30.7 Å². The van der Waals surface area contributed by atoms with Crippen molar-refractivity contribution in [3.05, 3.63) is 66.5 Å². The number of thioether (sulfide) groups is 1. The zero-order valence-electron chi connectivity index (χ0n) is 13.6. The summed E-state index contributed by atoms with van der Waals surface area (Å²) in [4.78, 5) is 0. The lowest BCUT2D eigenvalue weighted by Crippen LogP contribution is -2.15. The average Bonchev–Trinajstić information content (AvgIpc) is 3.04. The maximum absolute atomic E-state index is 12.1. The van der Waals surface area contributed by atoms with Crippen LogP contribution in [0.2, 0.25) is 0 Å². The first kappa shape index (κ1) is 17.5. The van der Waals surface area contributed by atoms with E-state index in [9.17, 15) is 8.42 Å². The zero-order valence-corrected chi connectivity index (χ0v) is 15.2. The van der Waals surface area contributed by atoms with E-state index in [4.69, 9.17) is 4.18 Å². The second-order valence-electron chi connectivity index (χ2n) is 5.28. The van der Waals surface area contributed by atoms with Gasteiger partial charge in [0, 0.05) is 5.75 Å². The van der Waals surface area contributed by atoms with Crippen LogP contribution in [0.15, 0.2) is 66.1 Å². The van der Waals surface area contributed by atoms with Gasteiger partial charge in [0.15, 0.2) is 5.16 Å². The SMILES string of the molecule is Cc1ccccc1-n1cnnc1SCCS(=O)(=O)Oc1ccccc1.